The molecule has 1 unspecified atom stereocenters. The van der Waals surface area contributed by atoms with E-state index in [4.69, 9.17) is 14.2 Å². The second-order valence-electron chi connectivity index (χ2n) is 19.1. The first kappa shape index (κ1) is 66.6. The summed E-state index contributed by atoms with van der Waals surface area (Å²) in [4.78, 5) is 25.6. The van der Waals surface area contributed by atoms with E-state index in [1.807, 2.05) is 0 Å². The summed E-state index contributed by atoms with van der Waals surface area (Å²) in [5.74, 6) is -0.425. The van der Waals surface area contributed by atoms with E-state index in [9.17, 15) is 9.59 Å². The molecule has 0 aromatic rings. The van der Waals surface area contributed by atoms with Gasteiger partial charge in [-0.1, -0.05) is 239 Å². The summed E-state index contributed by atoms with van der Waals surface area (Å²) >= 11 is 0. The predicted octanol–water partition coefficient (Wildman–Crippen LogP) is 20.3. The molecule has 0 aliphatic carbocycles. The number of carbonyl (C=O) groups is 2. The SMILES string of the molecule is CC/C=C\C/C=C\C/C=C\C/C=C\CCCCCCCCC(=O)OCC(COCCCCCCCC/C=C\C/C=C\C/C=C\CC)OC(=O)CCCCCCCCCCC/C=C\C/C=C\CCCCC. The summed E-state index contributed by atoms with van der Waals surface area (Å²) < 4.78 is 17.5. The zero-order valence-corrected chi connectivity index (χ0v) is 46.0. The van der Waals surface area contributed by atoms with E-state index in [1.165, 1.54) is 116 Å². The molecular formula is C65H110O5. The lowest BCUT2D eigenvalue weighted by Crippen LogP contribution is -2.30. The molecule has 0 aliphatic heterocycles. The van der Waals surface area contributed by atoms with Crippen molar-refractivity contribution in [2.75, 3.05) is 19.8 Å². The predicted molar refractivity (Wildman–Crippen MR) is 306 cm³/mol. The fourth-order valence-electron chi connectivity index (χ4n) is 7.96. The first-order chi connectivity index (χ1) is 34.6. The number of rotatable bonds is 53. The molecule has 0 rings (SSSR count). The van der Waals surface area contributed by atoms with Crippen LogP contribution in [0, 0.1) is 0 Å². The first-order valence-corrected chi connectivity index (χ1v) is 29.4. The minimum atomic E-state index is -0.560. The Bertz CT molecular complexity index is 1380. The summed E-state index contributed by atoms with van der Waals surface area (Å²) in [7, 11) is 0. The van der Waals surface area contributed by atoms with Gasteiger partial charge in [0.2, 0.25) is 0 Å². The summed E-state index contributed by atoms with van der Waals surface area (Å²) in [5.41, 5.74) is 0. The van der Waals surface area contributed by atoms with E-state index in [1.54, 1.807) is 0 Å². The van der Waals surface area contributed by atoms with Crippen molar-refractivity contribution in [1.82, 2.24) is 0 Å². The van der Waals surface area contributed by atoms with Crippen molar-refractivity contribution in [2.45, 2.75) is 271 Å². The van der Waals surface area contributed by atoms with Crippen LogP contribution < -0.4 is 0 Å². The Labute approximate surface area is 434 Å². The third kappa shape index (κ3) is 57.1. The van der Waals surface area contributed by atoms with Crippen molar-refractivity contribution in [1.29, 1.82) is 0 Å². The molecule has 70 heavy (non-hydrogen) atoms. The molecule has 0 amide bonds. The lowest BCUT2D eigenvalue weighted by molar-refractivity contribution is -0.163. The standard InChI is InChI=1S/C65H110O5/c1-4-7-10-13-16-19-22-25-28-31-33-35-37-40-43-46-49-52-55-58-64(66)69-62-63(61-68-60-57-54-51-48-45-42-39-30-27-24-21-18-15-12-9-6-3)70-65(67)59-56-53-50-47-44-41-38-36-34-32-29-26-23-20-17-14-11-8-5-2/h7,9-10,12,16-21,25-30,33,35,63H,4-6,8,11,13-15,22-24,31-32,34,36-62H2,1-3H3/b10-7-,12-9-,19-16-,20-17-,21-18-,28-25-,29-26-,30-27-,35-33-. The number of ether oxygens (including phenoxy) is 3. The Balaban J connectivity index is 4.34. The lowest BCUT2D eigenvalue weighted by atomic mass is 10.1. The topological polar surface area (TPSA) is 61.8 Å². The summed E-state index contributed by atoms with van der Waals surface area (Å²) in [6.45, 7) is 7.55. The number of hydrogen-bond donors (Lipinski definition) is 0. The molecule has 0 heterocycles. The van der Waals surface area contributed by atoms with Crippen LogP contribution in [0.2, 0.25) is 0 Å². The Kier molecular flexibility index (Phi) is 56.9. The molecule has 0 bridgehead atoms. The van der Waals surface area contributed by atoms with Crippen LogP contribution in [0.25, 0.3) is 0 Å². The molecule has 5 nitrogen and oxygen atoms in total. The van der Waals surface area contributed by atoms with Gasteiger partial charge in [0.15, 0.2) is 6.10 Å². The fourth-order valence-corrected chi connectivity index (χ4v) is 7.96. The van der Waals surface area contributed by atoms with E-state index in [0.29, 0.717) is 19.4 Å². The smallest absolute Gasteiger partial charge is 0.306 e. The Morgan fingerprint density at radius 1 is 0.329 bits per heavy atom. The lowest BCUT2D eigenvalue weighted by Gasteiger charge is -2.18. The number of hydrogen-bond acceptors (Lipinski definition) is 5. The highest BCUT2D eigenvalue weighted by Crippen LogP contribution is 2.15. The molecule has 1 atom stereocenters. The minimum absolute atomic E-state index is 0.0652. The first-order valence-electron chi connectivity index (χ1n) is 29.4. The van der Waals surface area contributed by atoms with Gasteiger partial charge < -0.3 is 14.2 Å². The second-order valence-corrected chi connectivity index (χ2v) is 19.1. The van der Waals surface area contributed by atoms with Crippen molar-refractivity contribution in [3.63, 3.8) is 0 Å². The van der Waals surface area contributed by atoms with Gasteiger partial charge in [-0.2, -0.15) is 0 Å². The van der Waals surface area contributed by atoms with Gasteiger partial charge in [0.1, 0.15) is 6.61 Å². The molecule has 5 heteroatoms. The molecule has 0 spiro atoms. The zero-order chi connectivity index (χ0) is 50.6. The Hall–Kier alpha value is -3.44. The normalized spacial score (nSPS) is 13.0. The fraction of sp³-hybridized carbons (Fsp3) is 0.692. The van der Waals surface area contributed by atoms with Gasteiger partial charge >= 0.3 is 11.9 Å². The highest BCUT2D eigenvalue weighted by molar-refractivity contribution is 5.70. The van der Waals surface area contributed by atoms with E-state index in [2.05, 4.69) is 130 Å². The van der Waals surface area contributed by atoms with Gasteiger partial charge in [-0.15, -0.1) is 0 Å². The molecule has 400 valence electrons. The van der Waals surface area contributed by atoms with Crippen LogP contribution >= 0.6 is 0 Å². The van der Waals surface area contributed by atoms with Gasteiger partial charge in [0.05, 0.1) is 6.61 Å². The van der Waals surface area contributed by atoms with Crippen molar-refractivity contribution < 1.29 is 23.8 Å². The molecule has 0 radical (unpaired) electrons. The third-order valence-electron chi connectivity index (χ3n) is 12.3. The van der Waals surface area contributed by atoms with Gasteiger partial charge in [-0.25, -0.2) is 0 Å². The van der Waals surface area contributed by atoms with Crippen LogP contribution in [-0.2, 0) is 23.8 Å². The average Bonchev–Trinajstić information content (AvgIpc) is 3.36. The summed E-state index contributed by atoms with van der Waals surface area (Å²) in [5, 5.41) is 0. The monoisotopic (exact) mass is 971 g/mol. The molecule has 0 fully saturated rings. The number of esters is 2. The largest absolute Gasteiger partial charge is 0.462 e. The Morgan fingerprint density at radius 3 is 1.03 bits per heavy atom. The molecule has 0 aliphatic rings. The zero-order valence-electron chi connectivity index (χ0n) is 46.0. The van der Waals surface area contributed by atoms with E-state index >= 15 is 0 Å². The van der Waals surface area contributed by atoms with Gasteiger partial charge in [0.25, 0.3) is 0 Å². The van der Waals surface area contributed by atoms with Crippen molar-refractivity contribution >= 4 is 11.9 Å². The molecule has 0 aromatic carbocycles. The van der Waals surface area contributed by atoms with Crippen molar-refractivity contribution in [3.05, 3.63) is 109 Å². The second kappa shape index (κ2) is 59.9. The maximum absolute atomic E-state index is 12.9. The average molecular weight is 972 g/mol. The molecule has 0 aromatic heterocycles. The number of carbonyl (C=O) groups excluding carboxylic acids is 2. The van der Waals surface area contributed by atoms with Crippen LogP contribution in [0.4, 0.5) is 0 Å². The van der Waals surface area contributed by atoms with E-state index in [-0.39, 0.29) is 25.2 Å². The van der Waals surface area contributed by atoms with Gasteiger partial charge in [0, 0.05) is 19.4 Å². The van der Waals surface area contributed by atoms with Crippen LogP contribution in [0.5, 0.6) is 0 Å². The van der Waals surface area contributed by atoms with Crippen LogP contribution in [0.3, 0.4) is 0 Å². The minimum Gasteiger partial charge on any atom is -0.462 e. The van der Waals surface area contributed by atoms with E-state index < -0.39 is 6.10 Å². The third-order valence-corrected chi connectivity index (χ3v) is 12.3. The van der Waals surface area contributed by atoms with Crippen molar-refractivity contribution in [2.24, 2.45) is 0 Å². The van der Waals surface area contributed by atoms with Crippen LogP contribution in [-0.4, -0.2) is 37.9 Å². The Morgan fingerprint density at radius 2 is 0.643 bits per heavy atom. The highest BCUT2D eigenvalue weighted by atomic mass is 16.6. The molecule has 0 N–H and O–H groups in total. The van der Waals surface area contributed by atoms with Gasteiger partial charge in [-0.3, -0.25) is 9.59 Å². The number of unbranched alkanes of at least 4 members (excludes halogenated alkanes) is 24. The quantitative estimate of drug-likeness (QED) is 0.0345. The van der Waals surface area contributed by atoms with Crippen LogP contribution in [0.1, 0.15) is 265 Å². The summed E-state index contributed by atoms with van der Waals surface area (Å²) in [6, 6.07) is 0. The molecule has 0 saturated carbocycles. The molecular weight excluding hydrogens is 861 g/mol. The molecule has 0 saturated heterocycles. The highest BCUT2D eigenvalue weighted by Gasteiger charge is 2.17. The van der Waals surface area contributed by atoms with Crippen molar-refractivity contribution in [3.8, 4) is 0 Å². The maximum Gasteiger partial charge on any atom is 0.306 e. The maximum atomic E-state index is 12.9. The summed E-state index contributed by atoms with van der Waals surface area (Å²) in [6.07, 6.45) is 82.5. The van der Waals surface area contributed by atoms with E-state index in [0.717, 1.165) is 116 Å². The number of allylic oxidation sites excluding steroid dienone is 18. The van der Waals surface area contributed by atoms with Gasteiger partial charge in [-0.05, 0) is 122 Å². The van der Waals surface area contributed by atoms with Crippen LogP contribution in [0.15, 0.2) is 109 Å².